The Balaban J connectivity index is 1.47. The third-order valence-corrected chi connectivity index (χ3v) is 6.33. The van der Waals surface area contributed by atoms with Crippen LogP contribution in [0.4, 0.5) is 0 Å². The third kappa shape index (κ3) is 3.67. The van der Waals surface area contributed by atoms with Crippen molar-refractivity contribution in [3.63, 3.8) is 0 Å². The molecule has 1 aliphatic heterocycles. The smallest absolute Gasteiger partial charge is 0.227 e. The molecule has 27 heavy (non-hydrogen) atoms. The number of benzene rings is 1. The van der Waals surface area contributed by atoms with Gasteiger partial charge in [-0.3, -0.25) is 9.59 Å². The van der Waals surface area contributed by atoms with Gasteiger partial charge in [-0.05, 0) is 55.3 Å². The second-order valence-electron chi connectivity index (χ2n) is 7.32. The molecular formula is C21H23N3O2S. The molecule has 1 aliphatic rings. The second-order valence-corrected chi connectivity index (χ2v) is 8.24. The quantitative estimate of drug-likeness (QED) is 0.693. The van der Waals surface area contributed by atoms with Gasteiger partial charge in [0.2, 0.25) is 5.91 Å². The Labute approximate surface area is 162 Å². The summed E-state index contributed by atoms with van der Waals surface area (Å²) in [6.07, 6.45) is 2.38. The van der Waals surface area contributed by atoms with Crippen LogP contribution in [0.25, 0.3) is 11.0 Å². The van der Waals surface area contributed by atoms with Gasteiger partial charge in [-0.2, -0.15) is 0 Å². The maximum absolute atomic E-state index is 12.8. The van der Waals surface area contributed by atoms with E-state index in [4.69, 9.17) is 4.98 Å². The highest BCUT2D eigenvalue weighted by Crippen LogP contribution is 2.28. The molecule has 1 atom stereocenters. The monoisotopic (exact) mass is 381 g/mol. The number of aromatic amines is 1. The molecule has 2 aromatic heterocycles. The van der Waals surface area contributed by atoms with Gasteiger partial charge >= 0.3 is 0 Å². The van der Waals surface area contributed by atoms with Crippen molar-refractivity contribution < 1.29 is 9.59 Å². The number of ketones is 1. The summed E-state index contributed by atoms with van der Waals surface area (Å²) in [7, 11) is 0. The fraction of sp³-hybridized carbons (Fsp3) is 0.381. The molecule has 0 saturated carbocycles. The normalized spacial score (nSPS) is 17.4. The summed E-state index contributed by atoms with van der Waals surface area (Å²) in [5, 5.41) is 1.91. The number of imidazole rings is 1. The fourth-order valence-electron chi connectivity index (χ4n) is 3.75. The van der Waals surface area contributed by atoms with Gasteiger partial charge in [0.25, 0.3) is 0 Å². The van der Waals surface area contributed by atoms with Gasteiger partial charge in [0.05, 0.1) is 22.3 Å². The maximum atomic E-state index is 12.8. The molecule has 1 fully saturated rings. The number of para-hydroxylation sites is 1. The fourth-order valence-corrected chi connectivity index (χ4v) is 4.57. The van der Waals surface area contributed by atoms with Crippen LogP contribution in [-0.4, -0.2) is 39.6 Å². The summed E-state index contributed by atoms with van der Waals surface area (Å²) in [5.74, 6) is 1.40. The van der Waals surface area contributed by atoms with Crippen molar-refractivity contribution in [3.8, 4) is 0 Å². The first-order chi connectivity index (χ1) is 13.0. The van der Waals surface area contributed by atoms with Crippen LogP contribution < -0.4 is 0 Å². The van der Waals surface area contributed by atoms with E-state index in [2.05, 4.69) is 18.0 Å². The molecule has 5 nitrogen and oxygen atoms in total. The predicted octanol–water partition coefficient (Wildman–Crippen LogP) is 4.08. The molecule has 0 aliphatic carbocycles. The van der Waals surface area contributed by atoms with Crippen molar-refractivity contribution >= 4 is 34.1 Å². The first kappa shape index (κ1) is 17.9. The van der Waals surface area contributed by atoms with Crippen molar-refractivity contribution in [2.24, 2.45) is 0 Å². The van der Waals surface area contributed by atoms with Crippen molar-refractivity contribution in [1.82, 2.24) is 14.9 Å². The highest BCUT2D eigenvalue weighted by molar-refractivity contribution is 7.12. The number of hydrogen-bond donors (Lipinski definition) is 1. The molecule has 0 spiro atoms. The van der Waals surface area contributed by atoms with E-state index in [1.54, 1.807) is 6.92 Å². The Morgan fingerprint density at radius 3 is 2.96 bits per heavy atom. The average molecular weight is 382 g/mol. The Hall–Kier alpha value is -2.47. The minimum atomic E-state index is 0.0527. The summed E-state index contributed by atoms with van der Waals surface area (Å²) in [6, 6.07) is 7.99. The van der Waals surface area contributed by atoms with Crippen LogP contribution in [0.15, 0.2) is 29.6 Å². The molecule has 1 aromatic carbocycles. The molecule has 3 heterocycles. The van der Waals surface area contributed by atoms with Crippen LogP contribution in [0.5, 0.6) is 0 Å². The number of fused-ring (bicyclic) bond motifs is 1. The van der Waals surface area contributed by atoms with E-state index in [0.717, 1.165) is 47.4 Å². The zero-order valence-corrected chi connectivity index (χ0v) is 16.4. The van der Waals surface area contributed by atoms with Crippen LogP contribution in [-0.2, 0) is 11.2 Å². The Kier molecular flexibility index (Phi) is 4.83. The number of nitrogens with zero attached hydrogens (tertiary/aromatic N) is 2. The number of carbonyl (C=O) groups is 2. The number of aryl methyl sites for hydroxylation is 1. The summed E-state index contributed by atoms with van der Waals surface area (Å²) >= 11 is 1.41. The lowest BCUT2D eigenvalue weighted by molar-refractivity contribution is -0.131. The second kappa shape index (κ2) is 7.27. The minimum absolute atomic E-state index is 0.0527. The van der Waals surface area contributed by atoms with Crippen molar-refractivity contribution in [1.29, 1.82) is 0 Å². The van der Waals surface area contributed by atoms with E-state index in [0.29, 0.717) is 17.8 Å². The zero-order chi connectivity index (χ0) is 19.0. The van der Waals surface area contributed by atoms with Gasteiger partial charge in [-0.1, -0.05) is 12.1 Å². The lowest BCUT2D eigenvalue weighted by Crippen LogP contribution is -2.40. The van der Waals surface area contributed by atoms with Crippen LogP contribution in [0.2, 0.25) is 0 Å². The van der Waals surface area contributed by atoms with E-state index in [-0.39, 0.29) is 17.6 Å². The maximum Gasteiger partial charge on any atom is 0.227 e. The van der Waals surface area contributed by atoms with Crippen LogP contribution >= 0.6 is 11.3 Å². The molecule has 1 N–H and O–H groups in total. The highest BCUT2D eigenvalue weighted by atomic mass is 32.1. The Morgan fingerprint density at radius 1 is 1.37 bits per heavy atom. The molecule has 140 valence electrons. The highest BCUT2D eigenvalue weighted by Gasteiger charge is 2.27. The molecule has 6 heteroatoms. The number of Topliss-reactive ketones (excluding diaryl/α,β-unsaturated/α-hetero) is 1. The first-order valence-corrected chi connectivity index (χ1v) is 10.2. The third-order valence-electron chi connectivity index (χ3n) is 5.25. The van der Waals surface area contributed by atoms with E-state index in [1.165, 1.54) is 11.3 Å². The van der Waals surface area contributed by atoms with Crippen molar-refractivity contribution in [2.75, 3.05) is 13.1 Å². The largest absolute Gasteiger partial charge is 0.342 e. The van der Waals surface area contributed by atoms with Crippen LogP contribution in [0, 0.1) is 6.92 Å². The Morgan fingerprint density at radius 2 is 2.22 bits per heavy atom. The Bertz CT molecular complexity index is 1000. The van der Waals surface area contributed by atoms with E-state index in [1.807, 2.05) is 28.5 Å². The first-order valence-electron chi connectivity index (χ1n) is 9.32. The summed E-state index contributed by atoms with van der Waals surface area (Å²) in [4.78, 5) is 35.1. The van der Waals surface area contributed by atoms with Crippen molar-refractivity contribution in [2.45, 2.75) is 39.0 Å². The number of hydrogen-bond acceptors (Lipinski definition) is 4. The topological polar surface area (TPSA) is 66.1 Å². The number of H-pyrrole nitrogens is 1. The minimum Gasteiger partial charge on any atom is -0.342 e. The number of aromatic nitrogens is 2. The van der Waals surface area contributed by atoms with Gasteiger partial charge in [0, 0.05) is 19.0 Å². The number of carbonyl (C=O) groups excluding carboxylic acids is 2. The lowest BCUT2D eigenvalue weighted by Gasteiger charge is -2.32. The number of piperidine rings is 1. The summed E-state index contributed by atoms with van der Waals surface area (Å²) < 4.78 is 0. The van der Waals surface area contributed by atoms with Gasteiger partial charge in [0.15, 0.2) is 5.78 Å². The van der Waals surface area contributed by atoms with Gasteiger partial charge in [-0.15, -0.1) is 11.3 Å². The number of amides is 1. The molecule has 0 bridgehead atoms. The van der Waals surface area contributed by atoms with Crippen LogP contribution in [0.3, 0.4) is 0 Å². The molecular weight excluding hydrogens is 358 g/mol. The number of thiophene rings is 1. The molecule has 1 amide bonds. The predicted molar refractivity (Wildman–Crippen MR) is 107 cm³/mol. The van der Waals surface area contributed by atoms with Crippen LogP contribution in [0.1, 0.15) is 52.3 Å². The molecule has 4 rings (SSSR count). The number of rotatable bonds is 4. The SMILES string of the molecule is CC(=O)c1cc(CC(=O)N2CCC[C@@H](c3nc4c(C)cccc4[nH]3)C2)cs1. The standard InChI is InChI=1S/C21H23N3O2S/c1-13-5-3-7-17-20(13)23-21(22-17)16-6-4-8-24(11-16)19(26)10-15-9-18(14(2)25)27-12-15/h3,5,7,9,12,16H,4,6,8,10-11H2,1-2H3,(H,22,23)/t16-/m1/s1. The number of likely N-dealkylation sites (tertiary alicyclic amines) is 1. The lowest BCUT2D eigenvalue weighted by atomic mass is 9.97. The zero-order valence-electron chi connectivity index (χ0n) is 15.6. The van der Waals surface area contributed by atoms with E-state index in [9.17, 15) is 9.59 Å². The number of nitrogens with one attached hydrogen (secondary N) is 1. The molecule has 3 aromatic rings. The van der Waals surface area contributed by atoms with Crippen molar-refractivity contribution in [3.05, 3.63) is 51.5 Å². The van der Waals surface area contributed by atoms with E-state index < -0.39 is 0 Å². The molecule has 0 radical (unpaired) electrons. The van der Waals surface area contributed by atoms with Gasteiger partial charge < -0.3 is 9.88 Å². The van der Waals surface area contributed by atoms with Gasteiger partial charge in [0.1, 0.15) is 5.82 Å². The average Bonchev–Trinajstić information content (AvgIpc) is 3.29. The molecule has 1 saturated heterocycles. The molecule has 0 unspecified atom stereocenters. The summed E-state index contributed by atoms with van der Waals surface area (Å²) in [6.45, 7) is 5.11. The van der Waals surface area contributed by atoms with E-state index >= 15 is 0 Å². The van der Waals surface area contributed by atoms with Gasteiger partial charge in [-0.25, -0.2) is 4.98 Å². The summed E-state index contributed by atoms with van der Waals surface area (Å²) in [5.41, 5.74) is 4.17.